The molecular weight excluding hydrogens is 392 g/mol. The van der Waals surface area contributed by atoms with Crippen molar-refractivity contribution in [3.63, 3.8) is 0 Å². The molecule has 29 heavy (non-hydrogen) atoms. The molecule has 3 rings (SSSR count). The van der Waals surface area contributed by atoms with Crippen LogP contribution in [-0.4, -0.2) is 63.5 Å². The summed E-state index contributed by atoms with van der Waals surface area (Å²) < 4.78 is 37.6. The second-order valence-corrected chi connectivity index (χ2v) is 8.71. The number of sulfonamides is 1. The molecule has 1 saturated heterocycles. The van der Waals surface area contributed by atoms with Crippen LogP contribution in [0.5, 0.6) is 5.75 Å². The van der Waals surface area contributed by atoms with Crippen LogP contribution in [0.1, 0.15) is 22.8 Å². The molecule has 2 aromatic rings. The number of rotatable bonds is 7. The van der Waals surface area contributed by atoms with E-state index in [1.807, 2.05) is 24.3 Å². The lowest BCUT2D eigenvalue weighted by Crippen LogP contribution is -2.48. The van der Waals surface area contributed by atoms with Crippen molar-refractivity contribution >= 4 is 16.0 Å². The molecule has 0 aliphatic carbocycles. The van der Waals surface area contributed by atoms with E-state index >= 15 is 0 Å². The van der Waals surface area contributed by atoms with Gasteiger partial charge in [-0.2, -0.15) is 4.31 Å². The molecule has 2 aromatic carbocycles. The number of piperazine rings is 1. The number of hydrogen-bond acceptors (Lipinski definition) is 6. The summed E-state index contributed by atoms with van der Waals surface area (Å²) in [6.45, 7) is 4.81. The van der Waals surface area contributed by atoms with Gasteiger partial charge in [0.1, 0.15) is 5.75 Å². The Morgan fingerprint density at radius 2 is 1.72 bits per heavy atom. The summed E-state index contributed by atoms with van der Waals surface area (Å²) in [4.78, 5) is 14.3. The molecule has 0 radical (unpaired) electrons. The van der Waals surface area contributed by atoms with E-state index in [9.17, 15) is 13.2 Å². The van der Waals surface area contributed by atoms with Gasteiger partial charge in [-0.25, -0.2) is 13.2 Å². The average molecular weight is 419 g/mol. The number of carbonyl (C=O) groups excluding carboxylic acids is 1. The third-order valence-corrected chi connectivity index (χ3v) is 6.77. The highest BCUT2D eigenvalue weighted by molar-refractivity contribution is 7.89. The Hall–Kier alpha value is -2.42. The first kappa shape index (κ1) is 21.3. The van der Waals surface area contributed by atoms with Crippen molar-refractivity contribution in [3.05, 3.63) is 59.7 Å². The highest BCUT2D eigenvalue weighted by atomic mass is 32.2. The fourth-order valence-electron chi connectivity index (χ4n) is 3.26. The molecule has 0 unspecified atom stereocenters. The first-order chi connectivity index (χ1) is 13.9. The van der Waals surface area contributed by atoms with Crippen molar-refractivity contribution in [1.29, 1.82) is 0 Å². The number of carbonyl (C=O) groups is 1. The van der Waals surface area contributed by atoms with Crippen LogP contribution in [0.3, 0.4) is 0 Å². The van der Waals surface area contributed by atoms with Gasteiger partial charge in [0.05, 0.1) is 24.2 Å². The van der Waals surface area contributed by atoms with Crippen molar-refractivity contribution in [1.82, 2.24) is 9.21 Å². The van der Waals surface area contributed by atoms with E-state index in [-0.39, 0.29) is 17.1 Å². The summed E-state index contributed by atoms with van der Waals surface area (Å²) in [6.07, 6.45) is 0. The molecule has 0 aromatic heterocycles. The second-order valence-electron chi connectivity index (χ2n) is 6.78. The summed E-state index contributed by atoms with van der Waals surface area (Å²) in [5.41, 5.74) is 1.40. The van der Waals surface area contributed by atoms with Crippen LogP contribution in [0.2, 0.25) is 0 Å². The minimum atomic E-state index is -3.66. The monoisotopic (exact) mass is 418 g/mol. The summed E-state index contributed by atoms with van der Waals surface area (Å²) in [5, 5.41) is 0. The van der Waals surface area contributed by atoms with Gasteiger partial charge in [-0.05, 0) is 42.8 Å². The lowest BCUT2D eigenvalue weighted by Gasteiger charge is -2.34. The molecule has 0 spiro atoms. The Labute approximate surface area is 171 Å². The van der Waals surface area contributed by atoms with E-state index in [0.717, 1.165) is 17.9 Å². The largest absolute Gasteiger partial charge is 0.497 e. The van der Waals surface area contributed by atoms with Gasteiger partial charge in [-0.3, -0.25) is 4.90 Å². The van der Waals surface area contributed by atoms with Gasteiger partial charge in [-0.1, -0.05) is 18.2 Å². The quantitative estimate of drug-likeness (QED) is 0.643. The molecule has 8 heteroatoms. The maximum absolute atomic E-state index is 13.0. The first-order valence-electron chi connectivity index (χ1n) is 9.56. The molecule has 1 fully saturated rings. The van der Waals surface area contributed by atoms with E-state index in [0.29, 0.717) is 26.2 Å². The SMILES string of the molecule is CCOC(=O)c1cccc(S(=O)(=O)N2CCN(Cc3ccc(OC)cc3)CC2)c1. The smallest absolute Gasteiger partial charge is 0.338 e. The van der Waals surface area contributed by atoms with Crippen molar-refractivity contribution in [3.8, 4) is 5.75 Å². The lowest BCUT2D eigenvalue weighted by molar-refractivity contribution is 0.0526. The molecule has 156 valence electrons. The predicted molar refractivity (Wildman–Crippen MR) is 109 cm³/mol. The maximum atomic E-state index is 13.0. The van der Waals surface area contributed by atoms with Crippen LogP contribution in [-0.2, 0) is 21.3 Å². The molecule has 0 saturated carbocycles. The van der Waals surface area contributed by atoms with Gasteiger partial charge in [0.2, 0.25) is 10.0 Å². The zero-order valence-corrected chi connectivity index (χ0v) is 17.5. The van der Waals surface area contributed by atoms with Crippen LogP contribution in [0.4, 0.5) is 0 Å². The number of nitrogens with zero attached hydrogens (tertiary/aromatic N) is 2. The van der Waals surface area contributed by atoms with Crippen LogP contribution in [0.25, 0.3) is 0 Å². The molecule has 0 N–H and O–H groups in total. The Morgan fingerprint density at radius 1 is 1.03 bits per heavy atom. The van der Waals surface area contributed by atoms with Gasteiger partial charge in [-0.15, -0.1) is 0 Å². The van der Waals surface area contributed by atoms with E-state index in [2.05, 4.69) is 4.90 Å². The number of esters is 1. The highest BCUT2D eigenvalue weighted by Crippen LogP contribution is 2.20. The Kier molecular flexibility index (Phi) is 6.89. The third kappa shape index (κ3) is 5.14. The second kappa shape index (κ2) is 9.39. The van der Waals surface area contributed by atoms with Crippen molar-refractivity contribution < 1.29 is 22.7 Å². The molecule has 0 atom stereocenters. The fourth-order valence-corrected chi connectivity index (χ4v) is 4.73. The number of hydrogen-bond donors (Lipinski definition) is 0. The third-order valence-electron chi connectivity index (χ3n) is 4.88. The molecule has 1 aliphatic rings. The summed E-state index contributed by atoms with van der Waals surface area (Å²) in [5.74, 6) is 0.295. The van der Waals surface area contributed by atoms with E-state index < -0.39 is 16.0 Å². The van der Waals surface area contributed by atoms with Crippen molar-refractivity contribution in [2.24, 2.45) is 0 Å². The van der Waals surface area contributed by atoms with Gasteiger partial charge >= 0.3 is 5.97 Å². The van der Waals surface area contributed by atoms with Crippen LogP contribution in [0, 0.1) is 0 Å². The van der Waals surface area contributed by atoms with E-state index in [4.69, 9.17) is 9.47 Å². The van der Waals surface area contributed by atoms with Crippen LogP contribution < -0.4 is 4.74 Å². The molecule has 0 bridgehead atoms. The Balaban J connectivity index is 1.63. The van der Waals surface area contributed by atoms with E-state index in [1.54, 1.807) is 26.2 Å². The lowest BCUT2D eigenvalue weighted by atomic mass is 10.2. The maximum Gasteiger partial charge on any atom is 0.338 e. The molecule has 7 nitrogen and oxygen atoms in total. The van der Waals surface area contributed by atoms with Gasteiger partial charge in [0.25, 0.3) is 0 Å². The first-order valence-corrected chi connectivity index (χ1v) is 11.0. The van der Waals surface area contributed by atoms with Crippen LogP contribution in [0.15, 0.2) is 53.4 Å². The van der Waals surface area contributed by atoms with Gasteiger partial charge < -0.3 is 9.47 Å². The summed E-state index contributed by atoms with van der Waals surface area (Å²) in [6, 6.07) is 13.9. The fraction of sp³-hybridized carbons (Fsp3) is 0.381. The summed E-state index contributed by atoms with van der Waals surface area (Å²) >= 11 is 0. The normalized spacial score (nSPS) is 15.8. The molecule has 0 amide bonds. The van der Waals surface area contributed by atoms with Crippen LogP contribution >= 0.6 is 0 Å². The number of ether oxygens (including phenoxy) is 2. The minimum Gasteiger partial charge on any atom is -0.497 e. The Bertz CT molecular complexity index is 936. The topological polar surface area (TPSA) is 76.2 Å². The standard InChI is InChI=1S/C21H26N2O5S/c1-3-28-21(24)18-5-4-6-20(15-18)29(25,26)23-13-11-22(12-14-23)16-17-7-9-19(27-2)10-8-17/h4-10,15H,3,11-14,16H2,1-2H3. The van der Waals surface area contributed by atoms with Gasteiger partial charge in [0.15, 0.2) is 0 Å². The van der Waals surface area contributed by atoms with E-state index in [1.165, 1.54) is 16.4 Å². The number of methoxy groups -OCH3 is 1. The van der Waals surface area contributed by atoms with Gasteiger partial charge in [0, 0.05) is 32.7 Å². The molecule has 1 aliphatic heterocycles. The zero-order valence-electron chi connectivity index (χ0n) is 16.7. The number of benzene rings is 2. The van der Waals surface area contributed by atoms with Crippen molar-refractivity contribution in [2.45, 2.75) is 18.4 Å². The highest BCUT2D eigenvalue weighted by Gasteiger charge is 2.29. The molecular formula is C21H26N2O5S. The zero-order chi connectivity index (χ0) is 20.9. The molecule has 1 heterocycles. The predicted octanol–water partition coefficient (Wildman–Crippen LogP) is 2.38. The summed E-state index contributed by atoms with van der Waals surface area (Å²) in [7, 11) is -2.02. The Morgan fingerprint density at radius 3 is 2.34 bits per heavy atom. The minimum absolute atomic E-state index is 0.117. The average Bonchev–Trinajstić information content (AvgIpc) is 2.75. The van der Waals surface area contributed by atoms with Crippen molar-refractivity contribution in [2.75, 3.05) is 39.9 Å².